The molecular formula is C55H59N9O9. The van der Waals surface area contributed by atoms with Gasteiger partial charge in [-0.05, 0) is 116 Å². The van der Waals surface area contributed by atoms with Gasteiger partial charge in [0.05, 0.1) is 41.2 Å². The predicted molar refractivity (Wildman–Crippen MR) is 276 cm³/mol. The highest BCUT2D eigenvalue weighted by molar-refractivity contribution is 6.15. The van der Waals surface area contributed by atoms with Gasteiger partial charge in [-0.25, -0.2) is 5.90 Å². The molecule has 0 aromatic heterocycles. The lowest BCUT2D eigenvalue weighted by Crippen LogP contribution is -2.50. The first-order valence-electron chi connectivity index (χ1n) is 24.7. The molecule has 4 aliphatic rings. The topological polar surface area (TPSA) is 235 Å². The first-order valence-corrected chi connectivity index (χ1v) is 24.7. The Kier molecular flexibility index (Phi) is 15.4. The fourth-order valence-electron chi connectivity index (χ4n) is 9.59. The monoisotopic (exact) mass is 989 g/mol. The van der Waals surface area contributed by atoms with Crippen molar-refractivity contribution < 1.29 is 43.1 Å². The third-order valence-electron chi connectivity index (χ3n) is 13.3. The van der Waals surface area contributed by atoms with Gasteiger partial charge >= 0.3 is 0 Å². The molecule has 5 aromatic carbocycles. The number of rotatable bonds is 20. The second-order valence-corrected chi connectivity index (χ2v) is 18.7. The molecule has 9 rings (SSSR count). The third-order valence-corrected chi connectivity index (χ3v) is 13.3. The molecule has 0 saturated carbocycles. The number of carbonyl (C=O) groups excluding carboxylic acids is 6. The van der Waals surface area contributed by atoms with Gasteiger partial charge in [-0.2, -0.15) is 0 Å². The molecule has 378 valence electrons. The Morgan fingerprint density at radius 1 is 0.712 bits per heavy atom. The Hall–Kier alpha value is -8.09. The van der Waals surface area contributed by atoms with Crippen LogP contribution in [-0.4, -0.2) is 85.5 Å². The minimum Gasteiger partial charge on any atom is -0.489 e. The van der Waals surface area contributed by atoms with E-state index in [1.807, 2.05) is 65.7 Å². The summed E-state index contributed by atoms with van der Waals surface area (Å²) < 4.78 is 12.6. The number of unbranched alkanes of at least 4 members (excludes halogenated alkanes) is 1. The highest BCUT2D eigenvalue weighted by Gasteiger charge is 2.38. The molecule has 6 amide bonds. The molecule has 0 unspecified atom stereocenters. The van der Waals surface area contributed by atoms with E-state index in [9.17, 15) is 28.8 Å². The summed E-state index contributed by atoms with van der Waals surface area (Å²) in [5.74, 6) is 4.27. The van der Waals surface area contributed by atoms with Crippen LogP contribution in [0.3, 0.4) is 0 Å². The number of hydrogen-bond acceptors (Lipinski definition) is 12. The third kappa shape index (κ3) is 11.7. The van der Waals surface area contributed by atoms with Gasteiger partial charge in [0.15, 0.2) is 0 Å². The summed E-state index contributed by atoms with van der Waals surface area (Å²) >= 11 is 0. The SMILES string of the molecule is C[C@H](NC(=O)CCCCC(=O)NCCCON)C(=O)N[C@@H](C)C(=O)Nc1cc(COc2ccc3c(c2)N=C[C@@H]2Cc4ccccc4N2C3=O)cc(COc2ccc3c(c2)NC[C@@H]2Cc4ccccc4N2C3=O)c1. The summed E-state index contributed by atoms with van der Waals surface area (Å²) in [5.41, 5.74) is 8.04. The molecule has 0 saturated heterocycles. The van der Waals surface area contributed by atoms with Crippen LogP contribution in [0.4, 0.5) is 28.4 Å². The number of benzene rings is 5. The minimum absolute atomic E-state index is 0.0140. The fourth-order valence-corrected chi connectivity index (χ4v) is 9.59. The second-order valence-electron chi connectivity index (χ2n) is 18.7. The van der Waals surface area contributed by atoms with Crippen molar-refractivity contribution in [2.75, 3.05) is 40.1 Å². The molecule has 0 bridgehead atoms. The standard InChI is InChI=1S/C55H59N9O9/c1-33(60-51(66)15-8-7-14-50(65)57-20-9-21-73-56)52(67)61-34(2)53(68)62-39-23-35(31-71-42-16-18-44-46(27-42)58-29-40-25-37-10-3-5-12-48(37)63(40)54(44)69)22-36(24-39)32-72-43-17-19-45-47(28-43)59-30-41-26-38-11-4-6-13-49(38)64(41)55(45)70/h3-6,10-13,16-19,22-24,27-29,33-34,40-41,59H,7-9,14-15,20-21,25-26,30-32,56H2,1-2H3,(H,57,65)(H,60,66)(H,61,67)(H,62,68)/t33-,34-,40-,41-/m0/s1. The van der Waals surface area contributed by atoms with Gasteiger partial charge in [-0.1, -0.05) is 36.4 Å². The fraction of sp³-hybridized carbons (Fsp3) is 0.327. The molecule has 0 fully saturated rings. The molecule has 4 heterocycles. The molecular weight excluding hydrogens is 931 g/mol. The van der Waals surface area contributed by atoms with Crippen molar-refractivity contribution in [3.8, 4) is 11.5 Å². The Bertz CT molecular complexity index is 2960. The quantitative estimate of drug-likeness (QED) is 0.0389. The van der Waals surface area contributed by atoms with Crippen molar-refractivity contribution in [3.05, 3.63) is 137 Å². The van der Waals surface area contributed by atoms with Crippen LogP contribution in [0.15, 0.2) is 108 Å². The number of nitrogens with two attached hydrogens (primary N) is 1. The van der Waals surface area contributed by atoms with Crippen molar-refractivity contribution in [3.63, 3.8) is 0 Å². The van der Waals surface area contributed by atoms with Crippen molar-refractivity contribution in [2.45, 2.75) is 96.2 Å². The molecule has 0 aliphatic carbocycles. The van der Waals surface area contributed by atoms with Gasteiger partial charge in [0, 0.05) is 67.8 Å². The van der Waals surface area contributed by atoms with Gasteiger partial charge in [0.1, 0.15) is 36.8 Å². The van der Waals surface area contributed by atoms with Crippen LogP contribution in [0.2, 0.25) is 0 Å². The number of anilines is 4. The Morgan fingerprint density at radius 3 is 2.07 bits per heavy atom. The number of aliphatic imine (C=N–C) groups is 1. The lowest BCUT2D eigenvalue weighted by Gasteiger charge is -2.22. The van der Waals surface area contributed by atoms with E-state index in [1.165, 1.54) is 6.92 Å². The zero-order chi connectivity index (χ0) is 51.0. The molecule has 18 nitrogen and oxygen atoms in total. The summed E-state index contributed by atoms with van der Waals surface area (Å²) in [6.07, 6.45) is 5.19. The molecule has 5 aromatic rings. The smallest absolute Gasteiger partial charge is 0.261 e. The average Bonchev–Trinajstić information content (AvgIpc) is 3.88. The molecule has 4 aliphatic heterocycles. The zero-order valence-corrected chi connectivity index (χ0v) is 40.8. The molecule has 7 N–H and O–H groups in total. The minimum atomic E-state index is -0.993. The number of para-hydroxylation sites is 2. The van der Waals surface area contributed by atoms with Crippen LogP contribution < -0.4 is 51.8 Å². The normalized spacial score (nSPS) is 16.7. The van der Waals surface area contributed by atoms with Crippen LogP contribution >= 0.6 is 0 Å². The summed E-state index contributed by atoms with van der Waals surface area (Å²) in [5, 5.41) is 14.5. The number of nitrogens with zero attached hydrogens (tertiary/aromatic N) is 3. The van der Waals surface area contributed by atoms with E-state index in [1.54, 1.807) is 54.3 Å². The molecule has 4 atom stereocenters. The van der Waals surface area contributed by atoms with E-state index in [2.05, 4.69) is 37.5 Å². The van der Waals surface area contributed by atoms with Gasteiger partial charge in [-0.3, -0.25) is 38.7 Å². The second kappa shape index (κ2) is 22.5. The van der Waals surface area contributed by atoms with Gasteiger partial charge in [-0.15, -0.1) is 0 Å². The van der Waals surface area contributed by atoms with Crippen LogP contribution in [-0.2, 0) is 50.1 Å². The van der Waals surface area contributed by atoms with Crippen LogP contribution in [0.5, 0.6) is 11.5 Å². The van der Waals surface area contributed by atoms with E-state index in [-0.39, 0.29) is 61.8 Å². The van der Waals surface area contributed by atoms with Crippen molar-refractivity contribution in [1.82, 2.24) is 16.0 Å². The van der Waals surface area contributed by atoms with Gasteiger partial charge in [0.2, 0.25) is 23.6 Å². The van der Waals surface area contributed by atoms with Crippen molar-refractivity contribution >= 4 is 70.1 Å². The largest absolute Gasteiger partial charge is 0.489 e. The molecule has 18 heteroatoms. The molecule has 0 spiro atoms. The van der Waals surface area contributed by atoms with Crippen molar-refractivity contribution in [2.24, 2.45) is 10.9 Å². The van der Waals surface area contributed by atoms with E-state index < -0.39 is 23.9 Å². The number of amides is 6. The van der Waals surface area contributed by atoms with E-state index in [4.69, 9.17) is 20.4 Å². The maximum absolute atomic E-state index is 13.9. The Labute approximate surface area is 423 Å². The van der Waals surface area contributed by atoms with E-state index >= 15 is 0 Å². The van der Waals surface area contributed by atoms with Crippen LogP contribution in [0, 0.1) is 0 Å². The molecule has 73 heavy (non-hydrogen) atoms. The number of fused-ring (bicyclic) bond motifs is 8. The van der Waals surface area contributed by atoms with E-state index in [0.29, 0.717) is 96.2 Å². The summed E-state index contributed by atoms with van der Waals surface area (Å²) in [4.78, 5) is 92.0. The first kappa shape index (κ1) is 49.9. The van der Waals surface area contributed by atoms with Gasteiger partial charge < -0.3 is 45.8 Å². The van der Waals surface area contributed by atoms with Crippen molar-refractivity contribution in [1.29, 1.82) is 0 Å². The predicted octanol–water partition coefficient (Wildman–Crippen LogP) is 6.03. The molecule has 0 radical (unpaired) electrons. The number of carbonyl (C=O) groups is 6. The lowest BCUT2D eigenvalue weighted by molar-refractivity contribution is -0.130. The van der Waals surface area contributed by atoms with E-state index in [0.717, 1.165) is 28.9 Å². The summed E-state index contributed by atoms with van der Waals surface area (Å²) in [7, 11) is 0. The average molecular weight is 990 g/mol. The Balaban J connectivity index is 0.851. The number of ether oxygens (including phenoxy) is 2. The first-order chi connectivity index (χ1) is 35.4. The maximum atomic E-state index is 13.9. The number of hydrogen-bond donors (Lipinski definition) is 6. The Morgan fingerprint density at radius 2 is 1.34 bits per heavy atom. The highest BCUT2D eigenvalue weighted by atomic mass is 16.6. The lowest BCUT2D eigenvalue weighted by atomic mass is 10.1. The van der Waals surface area contributed by atoms with Crippen LogP contribution in [0.25, 0.3) is 0 Å². The maximum Gasteiger partial charge on any atom is 0.261 e. The zero-order valence-electron chi connectivity index (χ0n) is 40.8. The summed E-state index contributed by atoms with van der Waals surface area (Å²) in [6.45, 7) is 4.59. The number of nitrogens with one attached hydrogen (secondary N) is 5. The van der Waals surface area contributed by atoms with Crippen LogP contribution in [0.1, 0.15) is 88.9 Å². The van der Waals surface area contributed by atoms with Gasteiger partial charge in [0.25, 0.3) is 11.8 Å². The summed E-state index contributed by atoms with van der Waals surface area (Å²) in [6, 6.07) is 29.7. The highest BCUT2D eigenvalue weighted by Crippen LogP contribution is 2.39.